The molecule has 2 aromatic carbocycles. The summed E-state index contributed by atoms with van der Waals surface area (Å²) in [6.45, 7) is 2.17. The molecule has 0 bridgehead atoms. The number of rotatable bonds is 7. The molecular formula is C26H31FN2O5. The summed E-state index contributed by atoms with van der Waals surface area (Å²) in [5.74, 6) is 0.0836. The molecule has 2 aliphatic rings. The molecular weight excluding hydrogens is 439 g/mol. The van der Waals surface area contributed by atoms with Crippen LogP contribution in [0.4, 0.5) is 4.39 Å². The van der Waals surface area contributed by atoms with Crippen molar-refractivity contribution in [1.29, 1.82) is 0 Å². The maximum atomic E-state index is 14.1. The van der Waals surface area contributed by atoms with E-state index in [9.17, 15) is 14.0 Å². The number of carbonyl (C=O) groups excluding carboxylic acids is 2. The molecule has 0 saturated carbocycles. The molecule has 0 aromatic heterocycles. The quantitative estimate of drug-likeness (QED) is 0.622. The van der Waals surface area contributed by atoms with Crippen molar-refractivity contribution < 1.29 is 28.2 Å². The van der Waals surface area contributed by atoms with E-state index in [0.29, 0.717) is 44.7 Å². The van der Waals surface area contributed by atoms with Crippen LogP contribution in [0.15, 0.2) is 48.5 Å². The minimum Gasteiger partial charge on any atom is -0.497 e. The van der Waals surface area contributed by atoms with Gasteiger partial charge in [-0.3, -0.25) is 9.59 Å². The van der Waals surface area contributed by atoms with Gasteiger partial charge in [0, 0.05) is 44.3 Å². The normalized spacial score (nSPS) is 19.7. The highest BCUT2D eigenvalue weighted by molar-refractivity contribution is 5.86. The largest absolute Gasteiger partial charge is 0.497 e. The van der Waals surface area contributed by atoms with Gasteiger partial charge in [0.05, 0.1) is 26.4 Å². The predicted molar refractivity (Wildman–Crippen MR) is 124 cm³/mol. The van der Waals surface area contributed by atoms with Crippen molar-refractivity contribution in [3.8, 4) is 5.75 Å². The summed E-state index contributed by atoms with van der Waals surface area (Å²) >= 11 is 0. The Morgan fingerprint density at radius 3 is 2.53 bits per heavy atom. The van der Waals surface area contributed by atoms with E-state index in [-0.39, 0.29) is 43.2 Å². The van der Waals surface area contributed by atoms with Gasteiger partial charge in [0.2, 0.25) is 11.8 Å². The number of methoxy groups -OCH3 is 1. The van der Waals surface area contributed by atoms with Crippen LogP contribution in [-0.2, 0) is 32.2 Å². The lowest BCUT2D eigenvalue weighted by atomic mass is 9.98. The number of hydrogen-bond acceptors (Lipinski definition) is 5. The van der Waals surface area contributed by atoms with Crippen LogP contribution < -0.4 is 4.74 Å². The van der Waals surface area contributed by atoms with Gasteiger partial charge >= 0.3 is 0 Å². The lowest BCUT2D eigenvalue weighted by Crippen LogP contribution is -2.44. The fraction of sp³-hybridized carbons (Fsp3) is 0.462. The molecule has 0 spiro atoms. The number of amides is 2. The van der Waals surface area contributed by atoms with Crippen molar-refractivity contribution in [3.63, 3.8) is 0 Å². The van der Waals surface area contributed by atoms with Crippen molar-refractivity contribution in [2.75, 3.05) is 40.0 Å². The van der Waals surface area contributed by atoms with Crippen LogP contribution in [0, 0.1) is 11.7 Å². The number of benzene rings is 2. The Labute approximate surface area is 199 Å². The van der Waals surface area contributed by atoms with E-state index in [1.165, 1.54) is 6.07 Å². The Kier molecular flexibility index (Phi) is 8.13. The molecule has 2 fully saturated rings. The third-order valence-electron chi connectivity index (χ3n) is 6.37. The Hall–Kier alpha value is -2.97. The monoisotopic (exact) mass is 470 g/mol. The van der Waals surface area contributed by atoms with E-state index < -0.39 is 6.10 Å². The Morgan fingerprint density at radius 1 is 1.09 bits per heavy atom. The van der Waals surface area contributed by atoms with Crippen molar-refractivity contribution in [2.24, 2.45) is 5.92 Å². The van der Waals surface area contributed by atoms with Crippen LogP contribution in [0.5, 0.6) is 5.75 Å². The lowest BCUT2D eigenvalue weighted by molar-refractivity contribution is -0.143. The van der Waals surface area contributed by atoms with Gasteiger partial charge in [0.25, 0.3) is 0 Å². The summed E-state index contributed by atoms with van der Waals surface area (Å²) in [5, 5.41) is 0. The molecule has 2 heterocycles. The van der Waals surface area contributed by atoms with E-state index in [4.69, 9.17) is 14.2 Å². The second kappa shape index (κ2) is 11.4. The summed E-state index contributed by atoms with van der Waals surface area (Å²) < 4.78 is 30.8. The molecule has 4 rings (SSSR count). The van der Waals surface area contributed by atoms with Crippen LogP contribution in [0.25, 0.3) is 0 Å². The van der Waals surface area contributed by atoms with Gasteiger partial charge in [0.15, 0.2) is 0 Å². The van der Waals surface area contributed by atoms with Gasteiger partial charge in [-0.1, -0.05) is 30.3 Å². The minimum absolute atomic E-state index is 0.00586. The fourth-order valence-corrected chi connectivity index (χ4v) is 4.38. The number of carbonyl (C=O) groups is 2. The highest BCUT2D eigenvalue weighted by Gasteiger charge is 2.34. The Morgan fingerprint density at radius 2 is 1.82 bits per heavy atom. The maximum Gasteiger partial charge on any atom is 0.242 e. The third kappa shape index (κ3) is 6.12. The van der Waals surface area contributed by atoms with Gasteiger partial charge in [-0.05, 0) is 36.6 Å². The summed E-state index contributed by atoms with van der Waals surface area (Å²) in [7, 11) is 1.61. The van der Waals surface area contributed by atoms with Crippen LogP contribution in [0.1, 0.15) is 24.0 Å². The van der Waals surface area contributed by atoms with Crippen LogP contribution in [-0.4, -0.2) is 67.7 Å². The van der Waals surface area contributed by atoms with E-state index in [1.54, 1.807) is 35.1 Å². The third-order valence-corrected chi connectivity index (χ3v) is 6.37. The molecule has 2 saturated heterocycles. The number of ether oxygens (including phenoxy) is 3. The highest BCUT2D eigenvalue weighted by Crippen LogP contribution is 2.22. The average molecular weight is 471 g/mol. The first-order chi connectivity index (χ1) is 16.5. The molecule has 2 amide bonds. The number of hydrogen-bond donors (Lipinski definition) is 0. The van der Waals surface area contributed by atoms with Crippen LogP contribution >= 0.6 is 0 Å². The molecule has 2 aromatic rings. The Bertz CT molecular complexity index is 977. The smallest absolute Gasteiger partial charge is 0.242 e. The molecule has 182 valence electrons. The Balaban J connectivity index is 1.50. The second-order valence-electron chi connectivity index (χ2n) is 8.75. The van der Waals surface area contributed by atoms with Gasteiger partial charge in [-0.25, -0.2) is 4.39 Å². The maximum absolute atomic E-state index is 14.1. The van der Waals surface area contributed by atoms with Crippen molar-refractivity contribution in [1.82, 2.24) is 9.80 Å². The topological polar surface area (TPSA) is 68.3 Å². The molecule has 34 heavy (non-hydrogen) atoms. The first kappa shape index (κ1) is 24.2. The van der Waals surface area contributed by atoms with E-state index >= 15 is 0 Å². The molecule has 7 nitrogen and oxygen atoms in total. The molecule has 0 radical (unpaired) electrons. The number of halogens is 1. The van der Waals surface area contributed by atoms with E-state index in [2.05, 4.69) is 0 Å². The minimum atomic E-state index is -0.437. The molecule has 2 aliphatic heterocycles. The molecule has 1 atom stereocenters. The molecule has 0 aliphatic carbocycles. The average Bonchev–Trinajstić information content (AvgIpc) is 3.02. The number of nitrogens with zero attached hydrogens (tertiary/aromatic N) is 2. The first-order valence-corrected chi connectivity index (χ1v) is 11.7. The predicted octanol–water partition coefficient (Wildman–Crippen LogP) is 3.02. The van der Waals surface area contributed by atoms with Crippen molar-refractivity contribution >= 4 is 11.8 Å². The van der Waals surface area contributed by atoms with Gasteiger partial charge in [0.1, 0.15) is 11.6 Å². The first-order valence-electron chi connectivity index (χ1n) is 11.7. The fourth-order valence-electron chi connectivity index (χ4n) is 4.38. The zero-order valence-corrected chi connectivity index (χ0v) is 19.5. The molecule has 0 N–H and O–H groups in total. The molecule has 8 heteroatoms. The van der Waals surface area contributed by atoms with Crippen LogP contribution in [0.3, 0.4) is 0 Å². The van der Waals surface area contributed by atoms with Crippen LogP contribution in [0.2, 0.25) is 0 Å². The highest BCUT2D eigenvalue weighted by atomic mass is 19.1. The van der Waals surface area contributed by atoms with Crippen molar-refractivity contribution in [2.45, 2.75) is 32.1 Å². The van der Waals surface area contributed by atoms with Gasteiger partial charge in [-0.2, -0.15) is 0 Å². The van der Waals surface area contributed by atoms with Crippen molar-refractivity contribution in [3.05, 3.63) is 65.5 Å². The molecule has 0 unspecified atom stereocenters. The summed E-state index contributed by atoms with van der Waals surface area (Å²) in [6.07, 6.45) is 0.868. The SMILES string of the molecule is COc1ccc(CN2C[C@H](OCc3ccccc3F)CN(C(=O)C3CCOCC3)CC2=O)cc1. The van der Waals surface area contributed by atoms with Gasteiger partial charge < -0.3 is 24.0 Å². The standard InChI is InChI=1S/C26H31FN2O5/c1-32-22-8-6-19(7-9-22)14-28-15-23(34-18-21-4-2-3-5-24(21)27)16-29(17-25(28)30)26(31)20-10-12-33-13-11-20/h2-9,20,23H,10-18H2,1H3/t23-/m0/s1. The zero-order chi connectivity index (χ0) is 23.9. The van der Waals surface area contributed by atoms with Gasteiger partial charge in [-0.15, -0.1) is 0 Å². The van der Waals surface area contributed by atoms with E-state index in [1.807, 2.05) is 24.3 Å². The second-order valence-corrected chi connectivity index (χ2v) is 8.75. The lowest BCUT2D eigenvalue weighted by Gasteiger charge is -2.29. The van der Waals surface area contributed by atoms with E-state index in [0.717, 1.165) is 11.3 Å². The summed E-state index contributed by atoms with van der Waals surface area (Å²) in [4.78, 5) is 29.7. The summed E-state index contributed by atoms with van der Waals surface area (Å²) in [6, 6.07) is 14.0. The summed E-state index contributed by atoms with van der Waals surface area (Å²) in [5.41, 5.74) is 1.40. The zero-order valence-electron chi connectivity index (χ0n) is 19.5.